The van der Waals surface area contributed by atoms with Gasteiger partial charge in [0.2, 0.25) is 5.82 Å². The summed E-state index contributed by atoms with van der Waals surface area (Å²) in [6.45, 7) is 1.72. The van der Waals surface area contributed by atoms with Crippen molar-refractivity contribution in [1.82, 2.24) is 15.5 Å². The summed E-state index contributed by atoms with van der Waals surface area (Å²) in [5.74, 6) is -5.99. The van der Waals surface area contributed by atoms with Crippen LogP contribution < -0.4 is 15.4 Å². The average molecular weight is 612 g/mol. The predicted molar refractivity (Wildman–Crippen MR) is 156 cm³/mol. The molecule has 0 radical (unpaired) electrons. The number of fused-ring (bicyclic) bond motifs is 2. The molecule has 2 bridgehead atoms. The van der Waals surface area contributed by atoms with Crippen molar-refractivity contribution in [3.05, 3.63) is 106 Å². The van der Waals surface area contributed by atoms with Gasteiger partial charge in [-0.2, -0.15) is 4.39 Å². The lowest BCUT2D eigenvalue weighted by Gasteiger charge is -2.41. The van der Waals surface area contributed by atoms with Crippen LogP contribution in [-0.2, 0) is 17.6 Å². The van der Waals surface area contributed by atoms with Crippen molar-refractivity contribution in [1.29, 1.82) is 0 Å². The molecule has 10 heteroatoms. The molecule has 1 amide bonds. The Kier molecular flexibility index (Phi) is 9.00. The lowest BCUT2D eigenvalue weighted by molar-refractivity contribution is -0.128. The minimum Gasteiger partial charge on any atom is -0.488 e. The monoisotopic (exact) mass is 611 g/mol. The van der Waals surface area contributed by atoms with Crippen molar-refractivity contribution in [2.24, 2.45) is 0 Å². The van der Waals surface area contributed by atoms with Gasteiger partial charge in [-0.25, -0.2) is 17.6 Å². The van der Waals surface area contributed by atoms with Gasteiger partial charge in [0.1, 0.15) is 0 Å². The summed E-state index contributed by atoms with van der Waals surface area (Å²) in [6, 6.07) is 13.7. The van der Waals surface area contributed by atoms with E-state index in [9.17, 15) is 26.7 Å². The van der Waals surface area contributed by atoms with Crippen LogP contribution in [0.25, 0.3) is 5.57 Å². The molecular weight excluding hydrogens is 577 g/mol. The fourth-order valence-corrected chi connectivity index (χ4v) is 6.18. The summed E-state index contributed by atoms with van der Waals surface area (Å²) in [5, 5.41) is 7.01. The fraction of sp³-hybridized carbons (Fsp3) is 0.382. The van der Waals surface area contributed by atoms with Crippen LogP contribution in [0, 0.1) is 29.1 Å². The molecule has 2 N–H and O–H groups in total. The highest BCUT2D eigenvalue weighted by Gasteiger charge is 2.40. The third kappa shape index (κ3) is 6.51. The molecule has 1 saturated carbocycles. The highest BCUT2D eigenvalue weighted by Crippen LogP contribution is 2.36. The van der Waals surface area contributed by atoms with E-state index in [0.717, 1.165) is 54.3 Å². The normalized spacial score (nSPS) is 19.7. The Bertz CT molecular complexity index is 1560. The van der Waals surface area contributed by atoms with Crippen molar-refractivity contribution in [2.45, 2.75) is 56.7 Å². The number of hydrogen-bond acceptors (Lipinski definition) is 4. The van der Waals surface area contributed by atoms with Crippen molar-refractivity contribution >= 4 is 11.5 Å². The van der Waals surface area contributed by atoms with Gasteiger partial charge in [0.15, 0.2) is 29.0 Å². The van der Waals surface area contributed by atoms with Gasteiger partial charge in [0, 0.05) is 37.3 Å². The second kappa shape index (κ2) is 13.1. The highest BCUT2D eigenvalue weighted by molar-refractivity contribution is 6.03. The van der Waals surface area contributed by atoms with Gasteiger partial charge in [0.05, 0.1) is 12.6 Å². The molecule has 1 saturated heterocycles. The summed E-state index contributed by atoms with van der Waals surface area (Å²) in [5.41, 5.74) is 3.88. The number of halogens is 5. The van der Waals surface area contributed by atoms with Crippen LogP contribution in [-0.4, -0.2) is 55.2 Å². The zero-order valence-corrected chi connectivity index (χ0v) is 24.2. The molecule has 2 heterocycles. The minimum absolute atomic E-state index is 0.0153. The largest absolute Gasteiger partial charge is 0.488 e. The zero-order chi connectivity index (χ0) is 30.8. The predicted octanol–water partition coefficient (Wildman–Crippen LogP) is 5.71. The molecule has 2 aliphatic heterocycles. The first-order chi connectivity index (χ1) is 21.3. The van der Waals surface area contributed by atoms with Gasteiger partial charge in [-0.15, -0.1) is 0 Å². The zero-order valence-electron chi connectivity index (χ0n) is 24.2. The Balaban J connectivity index is 1.17. The number of amides is 1. The number of hydrogen-bond donors (Lipinski definition) is 2. The van der Waals surface area contributed by atoms with E-state index in [2.05, 4.69) is 10.6 Å². The number of carbonyl (C=O) groups is 1. The topological polar surface area (TPSA) is 53.6 Å². The van der Waals surface area contributed by atoms with Gasteiger partial charge < -0.3 is 20.3 Å². The van der Waals surface area contributed by atoms with Crippen LogP contribution in [0.3, 0.4) is 0 Å². The van der Waals surface area contributed by atoms with Crippen molar-refractivity contribution in [3.63, 3.8) is 0 Å². The van der Waals surface area contributed by atoms with Crippen LogP contribution in [0.2, 0.25) is 0 Å². The Morgan fingerprint density at radius 3 is 2.39 bits per heavy atom. The quantitative estimate of drug-likeness (QED) is 0.166. The Morgan fingerprint density at radius 1 is 0.864 bits per heavy atom. The fourth-order valence-electron chi connectivity index (χ4n) is 6.18. The molecule has 3 aliphatic rings. The molecule has 2 atom stereocenters. The van der Waals surface area contributed by atoms with E-state index >= 15 is 0 Å². The van der Waals surface area contributed by atoms with E-state index in [1.165, 1.54) is 6.07 Å². The molecular formula is C34H34F5N3O2. The van der Waals surface area contributed by atoms with Gasteiger partial charge in [0.25, 0.3) is 5.91 Å². The van der Waals surface area contributed by atoms with Gasteiger partial charge in [-0.1, -0.05) is 36.4 Å². The second-order valence-corrected chi connectivity index (χ2v) is 11.7. The second-order valence-electron chi connectivity index (χ2n) is 11.7. The Labute approximate surface area is 253 Å². The summed E-state index contributed by atoms with van der Waals surface area (Å²) >= 11 is 0. The number of aryl methyl sites for hydroxylation is 1. The van der Waals surface area contributed by atoms with Gasteiger partial charge in [-0.05, 0) is 79.0 Å². The number of carbonyl (C=O) groups excluding carboxylic acids is 1. The van der Waals surface area contributed by atoms with Gasteiger partial charge >= 0.3 is 0 Å². The molecule has 44 heavy (non-hydrogen) atoms. The van der Waals surface area contributed by atoms with E-state index in [0.29, 0.717) is 37.9 Å². The van der Waals surface area contributed by atoms with Crippen LogP contribution in [0.1, 0.15) is 42.4 Å². The number of nitrogens with one attached hydrogen (secondary N) is 2. The maximum absolute atomic E-state index is 14.4. The number of nitrogens with zero attached hydrogens (tertiary/aromatic N) is 1. The molecule has 0 unspecified atom stereocenters. The van der Waals surface area contributed by atoms with Crippen molar-refractivity contribution < 1.29 is 31.5 Å². The van der Waals surface area contributed by atoms with Crippen molar-refractivity contribution in [3.8, 4) is 5.75 Å². The maximum atomic E-state index is 14.4. The smallest absolute Gasteiger partial charge is 0.251 e. The third-order valence-electron chi connectivity index (χ3n) is 8.59. The first-order valence-corrected chi connectivity index (χ1v) is 15.1. The number of piperazine rings is 1. The maximum Gasteiger partial charge on any atom is 0.251 e. The standard InChI is InChI=1S/C34H34F5N3O2/c35-26-5-1-4-22(31(26)38)14-15-42(24-10-11-24)34(43)30-25(17-23-18-40-19-29(30)41-23)21-8-6-20(7-9-21)3-2-16-44-33-28(37)13-12-27(36)32(33)39/h1,4-9,12-13,23-24,29,40-41H,2-3,10-11,14-19H2/t23-,29-/m1/s1. The van der Waals surface area contributed by atoms with E-state index < -0.39 is 34.8 Å². The number of rotatable bonds is 11. The van der Waals surface area contributed by atoms with Crippen LogP contribution in [0.5, 0.6) is 5.75 Å². The molecule has 5 nitrogen and oxygen atoms in total. The Hall–Kier alpha value is -3.76. The lowest BCUT2D eigenvalue weighted by Crippen LogP contribution is -2.60. The average Bonchev–Trinajstić information content (AvgIpc) is 3.86. The van der Waals surface area contributed by atoms with Crippen LogP contribution >= 0.6 is 0 Å². The van der Waals surface area contributed by atoms with E-state index in [-0.39, 0.29) is 42.6 Å². The molecule has 0 aromatic heterocycles. The molecule has 3 aromatic carbocycles. The molecule has 1 aliphatic carbocycles. The summed E-state index contributed by atoms with van der Waals surface area (Å²) in [6.07, 6.45) is 3.70. The SMILES string of the molecule is O=C(C1=C(c2ccc(CCCOc3c(F)ccc(F)c3F)cc2)C[C@@H]2CNC[C@H]1N2)N(CCc1cccc(F)c1F)C1CC1. The highest BCUT2D eigenvalue weighted by atomic mass is 19.2. The molecule has 232 valence electrons. The molecule has 0 spiro atoms. The number of ether oxygens (including phenoxy) is 1. The first kappa shape index (κ1) is 30.3. The van der Waals surface area contributed by atoms with E-state index in [4.69, 9.17) is 4.74 Å². The number of benzene rings is 3. The summed E-state index contributed by atoms with van der Waals surface area (Å²) in [7, 11) is 0. The van der Waals surface area contributed by atoms with Crippen molar-refractivity contribution in [2.75, 3.05) is 26.2 Å². The third-order valence-corrected chi connectivity index (χ3v) is 8.59. The van der Waals surface area contributed by atoms with Gasteiger partial charge in [-0.3, -0.25) is 4.79 Å². The summed E-state index contributed by atoms with van der Waals surface area (Å²) < 4.78 is 74.5. The van der Waals surface area contributed by atoms with Crippen LogP contribution in [0.15, 0.2) is 60.2 Å². The lowest BCUT2D eigenvalue weighted by atomic mass is 9.83. The Morgan fingerprint density at radius 2 is 1.61 bits per heavy atom. The first-order valence-electron chi connectivity index (χ1n) is 15.1. The van der Waals surface area contributed by atoms with E-state index in [1.807, 2.05) is 29.2 Å². The van der Waals surface area contributed by atoms with Crippen LogP contribution in [0.4, 0.5) is 22.0 Å². The minimum atomic E-state index is -1.34. The molecule has 3 aromatic rings. The summed E-state index contributed by atoms with van der Waals surface area (Å²) in [4.78, 5) is 16.0. The molecule has 2 fully saturated rings. The van der Waals surface area contributed by atoms with E-state index in [1.54, 1.807) is 6.07 Å². The molecule has 6 rings (SSSR count).